The first-order chi connectivity index (χ1) is 12.1. The van der Waals surface area contributed by atoms with E-state index in [2.05, 4.69) is 11.7 Å². The standard InChI is InChI=1S/C21H29F3O/c1-2-3-4-5-6-7-16-8-10-17(11-9-16)18-12-14-19(15-13-18)25-21(24)20(22)23/h12-17H,2-11H2,1H3/t16-,17-. The number of ether oxygens (including phenoxy) is 1. The Balaban J connectivity index is 1.74. The molecule has 0 saturated heterocycles. The highest BCUT2D eigenvalue weighted by Gasteiger charge is 2.22. The highest BCUT2D eigenvalue weighted by molar-refractivity contribution is 5.30. The average molecular weight is 354 g/mol. The van der Waals surface area contributed by atoms with E-state index in [1.165, 1.54) is 69.8 Å². The molecule has 0 aliphatic heterocycles. The number of hydrogen-bond donors (Lipinski definition) is 0. The van der Waals surface area contributed by atoms with Crippen LogP contribution >= 0.6 is 0 Å². The lowest BCUT2D eigenvalue weighted by molar-refractivity contribution is 0.241. The summed E-state index contributed by atoms with van der Waals surface area (Å²) >= 11 is 0. The van der Waals surface area contributed by atoms with Gasteiger partial charge in [-0.1, -0.05) is 57.6 Å². The predicted molar refractivity (Wildman–Crippen MR) is 95.5 cm³/mol. The molecule has 1 aliphatic carbocycles. The smallest absolute Gasteiger partial charge is 0.344 e. The van der Waals surface area contributed by atoms with Crippen LogP contribution in [0.1, 0.15) is 82.6 Å². The predicted octanol–water partition coefficient (Wildman–Crippen LogP) is 7.73. The summed E-state index contributed by atoms with van der Waals surface area (Å²) in [5.74, 6) is 1.48. The highest BCUT2D eigenvalue weighted by Crippen LogP contribution is 2.38. The van der Waals surface area contributed by atoms with Crippen LogP contribution in [0.25, 0.3) is 0 Å². The van der Waals surface area contributed by atoms with Gasteiger partial charge in [0.15, 0.2) is 0 Å². The molecule has 0 heterocycles. The summed E-state index contributed by atoms with van der Waals surface area (Å²) in [5, 5.41) is 0. The Hall–Kier alpha value is -1.45. The number of halogens is 3. The van der Waals surface area contributed by atoms with Crippen molar-refractivity contribution in [2.45, 2.75) is 77.0 Å². The van der Waals surface area contributed by atoms with Crippen molar-refractivity contribution in [1.29, 1.82) is 0 Å². The molecule has 1 fully saturated rings. The normalized spacial score (nSPS) is 20.3. The molecule has 0 radical (unpaired) electrons. The molecule has 1 aromatic carbocycles. The zero-order valence-corrected chi connectivity index (χ0v) is 15.1. The molecule has 1 saturated carbocycles. The van der Waals surface area contributed by atoms with Gasteiger partial charge < -0.3 is 4.74 Å². The first-order valence-corrected chi connectivity index (χ1v) is 9.58. The van der Waals surface area contributed by atoms with Crippen molar-refractivity contribution in [1.82, 2.24) is 0 Å². The van der Waals surface area contributed by atoms with Crippen LogP contribution in [0.5, 0.6) is 5.75 Å². The van der Waals surface area contributed by atoms with Crippen molar-refractivity contribution in [3.05, 3.63) is 41.9 Å². The molecule has 0 N–H and O–H groups in total. The lowest BCUT2D eigenvalue weighted by Gasteiger charge is -2.29. The van der Waals surface area contributed by atoms with Crippen molar-refractivity contribution >= 4 is 0 Å². The van der Waals surface area contributed by atoms with Crippen LogP contribution in [0, 0.1) is 5.92 Å². The van der Waals surface area contributed by atoms with E-state index < -0.39 is 12.1 Å². The highest BCUT2D eigenvalue weighted by atomic mass is 19.3. The van der Waals surface area contributed by atoms with E-state index in [0.717, 1.165) is 5.92 Å². The Labute approximate surface area is 149 Å². The van der Waals surface area contributed by atoms with Gasteiger partial charge in [-0.05, 0) is 55.2 Å². The summed E-state index contributed by atoms with van der Waals surface area (Å²) in [4.78, 5) is 0. The van der Waals surface area contributed by atoms with Crippen LogP contribution < -0.4 is 4.74 Å². The zero-order valence-electron chi connectivity index (χ0n) is 15.1. The molecule has 0 atom stereocenters. The topological polar surface area (TPSA) is 9.23 Å². The zero-order chi connectivity index (χ0) is 18.1. The number of rotatable bonds is 9. The van der Waals surface area contributed by atoms with E-state index in [9.17, 15) is 13.2 Å². The Morgan fingerprint density at radius 1 is 0.920 bits per heavy atom. The molecule has 1 aliphatic rings. The minimum atomic E-state index is -2.43. The van der Waals surface area contributed by atoms with Crippen LogP contribution in [0.2, 0.25) is 0 Å². The van der Waals surface area contributed by atoms with E-state index >= 15 is 0 Å². The summed E-state index contributed by atoms with van der Waals surface area (Å²) in [7, 11) is 0. The van der Waals surface area contributed by atoms with Crippen molar-refractivity contribution in [3.8, 4) is 5.75 Å². The molecule has 1 nitrogen and oxygen atoms in total. The Kier molecular flexibility index (Phi) is 8.36. The fourth-order valence-corrected chi connectivity index (χ4v) is 3.77. The third kappa shape index (κ3) is 6.75. The molecule has 0 amide bonds. The summed E-state index contributed by atoms with van der Waals surface area (Å²) in [5.41, 5.74) is 1.19. The second kappa shape index (κ2) is 10.5. The molecule has 0 unspecified atom stereocenters. The maximum absolute atomic E-state index is 12.8. The molecule has 2 rings (SSSR count). The Morgan fingerprint density at radius 2 is 1.56 bits per heavy atom. The van der Waals surface area contributed by atoms with Gasteiger partial charge in [-0.15, -0.1) is 0 Å². The molecule has 25 heavy (non-hydrogen) atoms. The minimum Gasteiger partial charge on any atom is -0.428 e. The van der Waals surface area contributed by atoms with E-state index in [1.54, 1.807) is 12.1 Å². The van der Waals surface area contributed by atoms with Crippen molar-refractivity contribution in [2.24, 2.45) is 5.92 Å². The van der Waals surface area contributed by atoms with Crippen LogP contribution in [0.3, 0.4) is 0 Å². The van der Waals surface area contributed by atoms with Gasteiger partial charge in [-0.25, -0.2) is 0 Å². The van der Waals surface area contributed by atoms with Crippen molar-refractivity contribution in [2.75, 3.05) is 0 Å². The van der Waals surface area contributed by atoms with E-state index in [1.807, 2.05) is 12.1 Å². The van der Waals surface area contributed by atoms with Gasteiger partial charge in [0.2, 0.25) is 0 Å². The maximum Gasteiger partial charge on any atom is 0.344 e. The molecule has 1 aromatic rings. The van der Waals surface area contributed by atoms with Crippen LogP contribution in [-0.4, -0.2) is 0 Å². The van der Waals surface area contributed by atoms with E-state index in [4.69, 9.17) is 0 Å². The van der Waals surface area contributed by atoms with Gasteiger partial charge in [-0.2, -0.15) is 13.2 Å². The van der Waals surface area contributed by atoms with Gasteiger partial charge in [0.1, 0.15) is 5.75 Å². The van der Waals surface area contributed by atoms with Gasteiger partial charge >= 0.3 is 12.1 Å². The number of hydrogen-bond acceptors (Lipinski definition) is 1. The molecule has 4 heteroatoms. The van der Waals surface area contributed by atoms with E-state index in [0.29, 0.717) is 5.92 Å². The molecular formula is C21H29F3O. The summed E-state index contributed by atoms with van der Waals surface area (Å²) in [6, 6.07) is 5.05. The molecule has 0 spiro atoms. The van der Waals surface area contributed by atoms with Gasteiger partial charge in [0, 0.05) is 0 Å². The molecule has 0 aromatic heterocycles. The van der Waals surface area contributed by atoms with Crippen LogP contribution in [0.4, 0.5) is 13.2 Å². The second-order valence-electron chi connectivity index (χ2n) is 7.13. The van der Waals surface area contributed by atoms with E-state index in [-0.39, 0.29) is 5.75 Å². The Bertz CT molecular complexity index is 527. The lowest BCUT2D eigenvalue weighted by atomic mass is 9.77. The quantitative estimate of drug-likeness (QED) is 0.325. The largest absolute Gasteiger partial charge is 0.428 e. The first kappa shape index (κ1) is 19.9. The van der Waals surface area contributed by atoms with Gasteiger partial charge in [-0.3, -0.25) is 0 Å². The molecule has 140 valence electrons. The summed E-state index contributed by atoms with van der Waals surface area (Å²) in [6.45, 7) is 2.24. The molecular weight excluding hydrogens is 325 g/mol. The third-order valence-electron chi connectivity index (χ3n) is 5.27. The first-order valence-electron chi connectivity index (χ1n) is 9.58. The van der Waals surface area contributed by atoms with Gasteiger partial charge in [0.25, 0.3) is 0 Å². The van der Waals surface area contributed by atoms with Crippen molar-refractivity contribution in [3.63, 3.8) is 0 Å². The lowest BCUT2D eigenvalue weighted by Crippen LogP contribution is -2.13. The maximum atomic E-state index is 12.8. The fraction of sp³-hybridized carbons (Fsp3) is 0.619. The van der Waals surface area contributed by atoms with Crippen LogP contribution in [-0.2, 0) is 0 Å². The summed E-state index contributed by atoms with van der Waals surface area (Å²) < 4.78 is 41.4. The van der Waals surface area contributed by atoms with Crippen molar-refractivity contribution < 1.29 is 17.9 Å². The Morgan fingerprint density at radius 3 is 2.16 bits per heavy atom. The second-order valence-corrected chi connectivity index (χ2v) is 7.13. The minimum absolute atomic E-state index is 0.106. The SMILES string of the molecule is CCCCCCC[C@H]1CC[C@H](c2ccc(OC(F)=C(F)F)cc2)CC1. The third-order valence-corrected chi connectivity index (χ3v) is 5.27. The van der Waals surface area contributed by atoms with Crippen LogP contribution in [0.15, 0.2) is 36.4 Å². The number of unbranched alkanes of at least 4 members (excludes halogenated alkanes) is 4. The van der Waals surface area contributed by atoms with Gasteiger partial charge in [0.05, 0.1) is 0 Å². The molecule has 0 bridgehead atoms. The fourth-order valence-electron chi connectivity index (χ4n) is 3.77. The number of benzene rings is 1. The average Bonchev–Trinajstić information content (AvgIpc) is 2.63. The summed E-state index contributed by atoms with van der Waals surface area (Å²) in [6.07, 6.45) is 10.5. The monoisotopic (exact) mass is 354 g/mol.